The summed E-state index contributed by atoms with van der Waals surface area (Å²) in [6.45, 7) is 3.52. The van der Waals surface area contributed by atoms with Crippen LogP contribution in [0.3, 0.4) is 0 Å². The van der Waals surface area contributed by atoms with E-state index >= 15 is 0 Å². The summed E-state index contributed by atoms with van der Waals surface area (Å²) in [5.74, 6) is 0.151. The fourth-order valence-electron chi connectivity index (χ4n) is 2.81. The normalized spacial score (nSPS) is 18.8. The zero-order valence-electron chi connectivity index (χ0n) is 12.5. The standard InChI is InChI=1S/C15H16F3N3OS/c1-8-10-2-3-11(15(16,17)18)20-13(10)23-12(8)14(22)21-5-4-9(6-19)7-21/h2-3,9H,4-7,19H2,1H3/t9-/m1/s1. The number of hydrogen-bond acceptors (Lipinski definition) is 4. The average Bonchev–Trinajstić information content (AvgIpc) is 3.10. The van der Waals surface area contributed by atoms with Crippen LogP contribution in [0.5, 0.6) is 0 Å². The van der Waals surface area contributed by atoms with Gasteiger partial charge in [-0.05, 0) is 43.5 Å². The molecule has 1 aliphatic heterocycles. The van der Waals surface area contributed by atoms with Crippen LogP contribution in [0.4, 0.5) is 13.2 Å². The minimum atomic E-state index is -4.49. The van der Waals surface area contributed by atoms with Crippen molar-refractivity contribution < 1.29 is 18.0 Å². The number of aryl methyl sites for hydroxylation is 1. The third kappa shape index (κ3) is 2.92. The second-order valence-electron chi connectivity index (χ2n) is 5.74. The Morgan fingerprint density at radius 3 is 2.83 bits per heavy atom. The summed E-state index contributed by atoms with van der Waals surface area (Å²) in [4.78, 5) is 18.7. The zero-order valence-corrected chi connectivity index (χ0v) is 13.3. The summed E-state index contributed by atoms with van der Waals surface area (Å²) in [5, 5.41) is 0.598. The van der Waals surface area contributed by atoms with Crippen molar-refractivity contribution in [2.24, 2.45) is 11.7 Å². The first kappa shape index (κ1) is 16.2. The lowest BCUT2D eigenvalue weighted by molar-refractivity contribution is -0.140. The molecule has 3 heterocycles. The number of carbonyl (C=O) groups excluding carboxylic acids is 1. The van der Waals surface area contributed by atoms with Crippen LogP contribution in [0, 0.1) is 12.8 Å². The number of thiophene rings is 1. The monoisotopic (exact) mass is 343 g/mol. The molecule has 2 N–H and O–H groups in total. The Hall–Kier alpha value is -1.67. The van der Waals surface area contributed by atoms with Gasteiger partial charge in [0.15, 0.2) is 0 Å². The smallest absolute Gasteiger partial charge is 0.338 e. The zero-order chi connectivity index (χ0) is 16.8. The molecule has 0 saturated carbocycles. The number of likely N-dealkylation sites (tertiary alicyclic amines) is 1. The third-order valence-corrected chi connectivity index (χ3v) is 5.38. The number of carbonyl (C=O) groups is 1. The first-order valence-electron chi connectivity index (χ1n) is 7.28. The Bertz CT molecular complexity index is 756. The van der Waals surface area contributed by atoms with Gasteiger partial charge in [-0.2, -0.15) is 13.2 Å². The van der Waals surface area contributed by atoms with E-state index in [1.807, 2.05) is 0 Å². The van der Waals surface area contributed by atoms with Crippen LogP contribution in [0.2, 0.25) is 0 Å². The molecule has 23 heavy (non-hydrogen) atoms. The van der Waals surface area contributed by atoms with Crippen molar-refractivity contribution in [1.82, 2.24) is 9.88 Å². The number of amides is 1. The van der Waals surface area contributed by atoms with Crippen molar-refractivity contribution in [2.75, 3.05) is 19.6 Å². The lowest BCUT2D eigenvalue weighted by atomic mass is 10.1. The van der Waals surface area contributed by atoms with Crippen molar-refractivity contribution in [1.29, 1.82) is 0 Å². The molecule has 124 valence electrons. The molecule has 0 radical (unpaired) electrons. The van der Waals surface area contributed by atoms with Gasteiger partial charge in [-0.15, -0.1) is 11.3 Å². The number of nitrogens with zero attached hydrogens (tertiary/aromatic N) is 2. The minimum Gasteiger partial charge on any atom is -0.338 e. The quantitative estimate of drug-likeness (QED) is 0.912. The van der Waals surface area contributed by atoms with Crippen molar-refractivity contribution in [3.05, 3.63) is 28.3 Å². The van der Waals surface area contributed by atoms with E-state index in [9.17, 15) is 18.0 Å². The average molecular weight is 343 g/mol. The van der Waals surface area contributed by atoms with E-state index in [2.05, 4.69) is 4.98 Å². The highest BCUT2D eigenvalue weighted by atomic mass is 32.1. The predicted octanol–water partition coefficient (Wildman–Crippen LogP) is 3.04. The van der Waals surface area contributed by atoms with Crippen LogP contribution in [0.1, 0.15) is 27.3 Å². The van der Waals surface area contributed by atoms with Gasteiger partial charge in [0.1, 0.15) is 10.5 Å². The van der Waals surface area contributed by atoms with E-state index in [-0.39, 0.29) is 10.7 Å². The minimum absolute atomic E-state index is 0.144. The summed E-state index contributed by atoms with van der Waals surface area (Å²) in [6.07, 6.45) is -3.62. The van der Waals surface area contributed by atoms with E-state index < -0.39 is 11.9 Å². The number of fused-ring (bicyclic) bond motifs is 1. The summed E-state index contributed by atoms with van der Waals surface area (Å²) in [5.41, 5.74) is 5.38. The van der Waals surface area contributed by atoms with Gasteiger partial charge in [-0.1, -0.05) is 0 Å². The lowest BCUT2D eigenvalue weighted by Gasteiger charge is -2.15. The molecule has 1 aliphatic rings. The molecule has 1 saturated heterocycles. The molecule has 4 nitrogen and oxygen atoms in total. The molecule has 0 aliphatic carbocycles. The maximum Gasteiger partial charge on any atom is 0.433 e. The van der Waals surface area contributed by atoms with Gasteiger partial charge in [0, 0.05) is 18.5 Å². The number of hydrogen-bond donors (Lipinski definition) is 1. The van der Waals surface area contributed by atoms with Crippen LogP contribution in [0.25, 0.3) is 10.2 Å². The summed E-state index contributed by atoms with van der Waals surface area (Å²) in [6, 6.07) is 2.34. The van der Waals surface area contributed by atoms with Crippen LogP contribution in [-0.4, -0.2) is 35.4 Å². The van der Waals surface area contributed by atoms with E-state index in [1.54, 1.807) is 11.8 Å². The van der Waals surface area contributed by atoms with Gasteiger partial charge in [-0.25, -0.2) is 4.98 Å². The highest BCUT2D eigenvalue weighted by molar-refractivity contribution is 7.20. The van der Waals surface area contributed by atoms with Crippen molar-refractivity contribution in [3.8, 4) is 0 Å². The van der Waals surface area contributed by atoms with E-state index in [0.717, 1.165) is 23.8 Å². The van der Waals surface area contributed by atoms with E-state index in [1.165, 1.54) is 6.07 Å². The highest BCUT2D eigenvalue weighted by Gasteiger charge is 2.33. The topological polar surface area (TPSA) is 59.2 Å². The molecule has 0 aromatic carbocycles. The Kier molecular flexibility index (Phi) is 4.05. The van der Waals surface area contributed by atoms with Crippen LogP contribution in [0.15, 0.2) is 12.1 Å². The number of halogens is 3. The Morgan fingerprint density at radius 2 is 2.22 bits per heavy atom. The van der Waals surface area contributed by atoms with Crippen LogP contribution >= 0.6 is 11.3 Å². The van der Waals surface area contributed by atoms with Crippen LogP contribution in [-0.2, 0) is 6.18 Å². The SMILES string of the molecule is Cc1c(C(=O)N2CC[C@H](CN)C2)sc2nc(C(F)(F)F)ccc12. The van der Waals surface area contributed by atoms with Gasteiger partial charge in [0.05, 0.1) is 4.88 Å². The molecule has 3 rings (SSSR count). The Labute approximate surface area is 135 Å². The molecule has 8 heteroatoms. The number of nitrogens with two attached hydrogens (primary N) is 1. The third-order valence-electron chi connectivity index (χ3n) is 4.19. The fourth-order valence-corrected chi connectivity index (χ4v) is 3.96. The van der Waals surface area contributed by atoms with E-state index in [0.29, 0.717) is 41.4 Å². The highest BCUT2D eigenvalue weighted by Crippen LogP contribution is 2.35. The van der Waals surface area contributed by atoms with Gasteiger partial charge in [0.25, 0.3) is 5.91 Å². The molecule has 0 spiro atoms. The first-order valence-corrected chi connectivity index (χ1v) is 8.09. The van der Waals surface area contributed by atoms with Crippen molar-refractivity contribution in [3.63, 3.8) is 0 Å². The van der Waals surface area contributed by atoms with Crippen molar-refractivity contribution in [2.45, 2.75) is 19.5 Å². The molecule has 1 amide bonds. The molecular weight excluding hydrogens is 327 g/mol. The molecule has 1 fully saturated rings. The molecular formula is C15H16F3N3OS. The second-order valence-corrected chi connectivity index (χ2v) is 6.74. The van der Waals surface area contributed by atoms with Gasteiger partial charge < -0.3 is 10.6 Å². The van der Waals surface area contributed by atoms with E-state index in [4.69, 9.17) is 5.73 Å². The molecule has 0 bridgehead atoms. The summed E-state index contributed by atoms with van der Waals surface area (Å²) < 4.78 is 38.3. The number of aromatic nitrogens is 1. The second kappa shape index (κ2) is 5.76. The van der Waals surface area contributed by atoms with Gasteiger partial charge in [-0.3, -0.25) is 4.79 Å². The Balaban J connectivity index is 1.95. The van der Waals surface area contributed by atoms with Gasteiger partial charge >= 0.3 is 6.18 Å². The predicted molar refractivity (Wildman–Crippen MR) is 82.4 cm³/mol. The molecule has 0 unspecified atom stereocenters. The first-order chi connectivity index (χ1) is 10.8. The number of rotatable bonds is 2. The maximum absolute atomic E-state index is 12.8. The van der Waals surface area contributed by atoms with Gasteiger partial charge in [0.2, 0.25) is 0 Å². The lowest BCUT2D eigenvalue weighted by Crippen LogP contribution is -2.29. The molecule has 2 aromatic rings. The summed E-state index contributed by atoms with van der Waals surface area (Å²) in [7, 11) is 0. The maximum atomic E-state index is 12.8. The van der Waals surface area contributed by atoms with Crippen molar-refractivity contribution >= 4 is 27.5 Å². The molecule has 2 aromatic heterocycles. The number of alkyl halides is 3. The molecule has 1 atom stereocenters. The fraction of sp³-hybridized carbons (Fsp3) is 0.467. The summed E-state index contributed by atoms with van der Waals surface area (Å²) >= 11 is 1.02. The number of pyridine rings is 1. The largest absolute Gasteiger partial charge is 0.433 e. The Morgan fingerprint density at radius 1 is 1.48 bits per heavy atom. The van der Waals surface area contributed by atoms with Crippen LogP contribution < -0.4 is 5.73 Å².